The Morgan fingerprint density at radius 2 is 2.25 bits per heavy atom. The Morgan fingerprint density at radius 1 is 1.39 bits per heavy atom. The normalized spacial score (nSPS) is 21.9. The van der Waals surface area contributed by atoms with E-state index in [-0.39, 0.29) is 5.91 Å². The predicted molar refractivity (Wildman–Crippen MR) is 110 cm³/mol. The van der Waals surface area contributed by atoms with Crippen LogP contribution in [0.1, 0.15) is 36.0 Å². The minimum Gasteiger partial charge on any atom is -0.496 e. The van der Waals surface area contributed by atoms with Crippen LogP contribution >= 0.6 is 11.6 Å². The van der Waals surface area contributed by atoms with Crippen LogP contribution in [0.25, 0.3) is 0 Å². The Kier molecular flexibility index (Phi) is 5.92. The number of anilines is 1. The molecule has 7 nitrogen and oxygen atoms in total. The second-order valence-electron chi connectivity index (χ2n) is 7.64. The van der Waals surface area contributed by atoms with Crippen molar-refractivity contribution in [3.8, 4) is 5.75 Å². The average Bonchev–Trinajstić information content (AvgIpc) is 3.15. The lowest BCUT2D eigenvalue weighted by atomic mass is 10.1. The Balaban J connectivity index is 1.40. The summed E-state index contributed by atoms with van der Waals surface area (Å²) in [5.41, 5.74) is 1.03. The number of hydrogen-bond donors (Lipinski definition) is 2. The van der Waals surface area contributed by atoms with Crippen molar-refractivity contribution in [3.05, 3.63) is 22.7 Å². The summed E-state index contributed by atoms with van der Waals surface area (Å²) in [5, 5.41) is 6.52. The molecule has 1 saturated carbocycles. The molecule has 1 atom stereocenters. The van der Waals surface area contributed by atoms with Gasteiger partial charge in [0.1, 0.15) is 12.4 Å². The molecular formula is C20H27ClN4O3. The standard InChI is InChI=1S/C20H27ClN4O3/c1-27-18-10-17(24-20-22-6-8-28-20)16(21)9-15(18)19(26)23-11-14-3-2-7-25(14)12-13-4-5-13/h9-10,13-14H,2-8,11-12H2,1H3,(H,22,24)(H,23,26). The topological polar surface area (TPSA) is 75.2 Å². The van der Waals surface area contributed by atoms with Crippen molar-refractivity contribution < 1.29 is 14.3 Å². The highest BCUT2D eigenvalue weighted by molar-refractivity contribution is 6.34. The first-order valence-corrected chi connectivity index (χ1v) is 10.4. The molecule has 1 aliphatic carbocycles. The lowest BCUT2D eigenvalue weighted by Crippen LogP contribution is -2.41. The van der Waals surface area contributed by atoms with Gasteiger partial charge in [-0.2, -0.15) is 0 Å². The molecule has 1 saturated heterocycles. The number of halogens is 1. The van der Waals surface area contributed by atoms with Gasteiger partial charge in [-0.25, -0.2) is 4.99 Å². The van der Waals surface area contributed by atoms with E-state index in [2.05, 4.69) is 20.5 Å². The molecule has 3 aliphatic rings. The van der Waals surface area contributed by atoms with Crippen LogP contribution in [0.5, 0.6) is 5.75 Å². The number of rotatable bonds is 7. The van der Waals surface area contributed by atoms with Gasteiger partial charge >= 0.3 is 0 Å². The maximum atomic E-state index is 12.8. The smallest absolute Gasteiger partial charge is 0.289 e. The summed E-state index contributed by atoms with van der Waals surface area (Å²) in [5.74, 6) is 1.16. The number of likely N-dealkylation sites (tertiary alicyclic amines) is 1. The molecule has 8 heteroatoms. The van der Waals surface area contributed by atoms with Gasteiger partial charge in [0.2, 0.25) is 0 Å². The number of carbonyl (C=O) groups excluding carboxylic acids is 1. The second kappa shape index (κ2) is 8.57. The maximum absolute atomic E-state index is 12.8. The minimum atomic E-state index is -0.168. The molecule has 152 valence electrons. The third kappa shape index (κ3) is 4.52. The number of ether oxygens (including phenoxy) is 2. The largest absolute Gasteiger partial charge is 0.496 e. The molecule has 0 radical (unpaired) electrons. The zero-order valence-electron chi connectivity index (χ0n) is 16.2. The summed E-state index contributed by atoms with van der Waals surface area (Å²) in [6.45, 7) is 4.13. The van der Waals surface area contributed by atoms with Gasteiger partial charge in [0.25, 0.3) is 11.9 Å². The first kappa shape index (κ1) is 19.3. The molecule has 28 heavy (non-hydrogen) atoms. The molecule has 0 bridgehead atoms. The van der Waals surface area contributed by atoms with E-state index in [4.69, 9.17) is 21.1 Å². The zero-order valence-corrected chi connectivity index (χ0v) is 16.9. The van der Waals surface area contributed by atoms with Crippen molar-refractivity contribution in [2.45, 2.75) is 31.7 Å². The highest BCUT2D eigenvalue weighted by atomic mass is 35.5. The van der Waals surface area contributed by atoms with Gasteiger partial charge < -0.3 is 20.1 Å². The molecule has 0 aromatic heterocycles. The van der Waals surface area contributed by atoms with Gasteiger partial charge in [0, 0.05) is 25.2 Å². The molecule has 0 spiro atoms. The van der Waals surface area contributed by atoms with Crippen LogP contribution in [0.3, 0.4) is 0 Å². The Bertz CT molecular complexity index is 766. The molecule has 4 rings (SSSR count). The number of aliphatic imine (C=N–C) groups is 1. The summed E-state index contributed by atoms with van der Waals surface area (Å²) in [4.78, 5) is 19.5. The third-order valence-electron chi connectivity index (χ3n) is 5.55. The van der Waals surface area contributed by atoms with Gasteiger partial charge in [0.15, 0.2) is 0 Å². The lowest BCUT2D eigenvalue weighted by Gasteiger charge is -2.24. The first-order valence-electron chi connectivity index (χ1n) is 9.98. The van der Waals surface area contributed by atoms with E-state index < -0.39 is 0 Å². The van der Waals surface area contributed by atoms with Crippen LogP contribution in [-0.4, -0.2) is 62.8 Å². The summed E-state index contributed by atoms with van der Waals surface area (Å²) in [6.07, 6.45) is 5.04. The highest BCUT2D eigenvalue weighted by Gasteiger charge is 2.31. The SMILES string of the molecule is COc1cc(NC2=NCCO2)c(Cl)cc1C(=O)NCC1CCCN1CC1CC1. The summed E-state index contributed by atoms with van der Waals surface area (Å²) in [7, 11) is 1.54. The predicted octanol–water partition coefficient (Wildman–Crippen LogP) is 2.75. The number of methoxy groups -OCH3 is 1. The van der Waals surface area contributed by atoms with Crippen molar-refractivity contribution >= 4 is 29.2 Å². The second-order valence-corrected chi connectivity index (χ2v) is 8.04. The number of carbonyl (C=O) groups is 1. The molecule has 1 aromatic carbocycles. The fourth-order valence-corrected chi connectivity index (χ4v) is 4.04. The molecular weight excluding hydrogens is 380 g/mol. The Labute approximate surface area is 170 Å². The molecule has 2 aliphatic heterocycles. The van der Waals surface area contributed by atoms with Gasteiger partial charge in [-0.1, -0.05) is 11.6 Å². The molecule has 2 heterocycles. The third-order valence-corrected chi connectivity index (χ3v) is 5.86. The summed E-state index contributed by atoms with van der Waals surface area (Å²) < 4.78 is 10.8. The average molecular weight is 407 g/mol. The van der Waals surface area contributed by atoms with E-state index >= 15 is 0 Å². The quantitative estimate of drug-likeness (QED) is 0.728. The van der Waals surface area contributed by atoms with Crippen LogP contribution in [0.4, 0.5) is 5.69 Å². The zero-order chi connectivity index (χ0) is 19.5. The van der Waals surface area contributed by atoms with Crippen molar-refractivity contribution in [1.29, 1.82) is 0 Å². The van der Waals surface area contributed by atoms with Gasteiger partial charge in [-0.05, 0) is 44.2 Å². The highest BCUT2D eigenvalue weighted by Crippen LogP contribution is 2.33. The number of hydrogen-bond acceptors (Lipinski definition) is 6. The lowest BCUT2D eigenvalue weighted by molar-refractivity contribution is 0.0937. The number of benzene rings is 1. The summed E-state index contributed by atoms with van der Waals surface area (Å²) in [6, 6.07) is 4.18. The van der Waals surface area contributed by atoms with E-state index in [1.54, 1.807) is 19.2 Å². The summed E-state index contributed by atoms with van der Waals surface area (Å²) >= 11 is 6.38. The van der Waals surface area contributed by atoms with E-state index in [0.29, 0.717) is 53.8 Å². The van der Waals surface area contributed by atoms with E-state index in [9.17, 15) is 4.79 Å². The molecule has 1 unspecified atom stereocenters. The number of nitrogens with zero attached hydrogens (tertiary/aromatic N) is 2. The van der Waals surface area contributed by atoms with Crippen LogP contribution in [0.2, 0.25) is 5.02 Å². The van der Waals surface area contributed by atoms with Gasteiger partial charge in [-0.3, -0.25) is 9.69 Å². The van der Waals surface area contributed by atoms with Crippen LogP contribution in [0, 0.1) is 5.92 Å². The number of nitrogens with one attached hydrogen (secondary N) is 2. The van der Waals surface area contributed by atoms with E-state index in [1.165, 1.54) is 25.8 Å². The van der Waals surface area contributed by atoms with Crippen molar-refractivity contribution in [3.63, 3.8) is 0 Å². The van der Waals surface area contributed by atoms with Crippen molar-refractivity contribution in [2.24, 2.45) is 10.9 Å². The molecule has 1 aromatic rings. The maximum Gasteiger partial charge on any atom is 0.289 e. The first-order chi connectivity index (χ1) is 13.6. The van der Waals surface area contributed by atoms with Crippen molar-refractivity contribution in [1.82, 2.24) is 10.2 Å². The number of amidine groups is 1. The molecule has 1 amide bonds. The Morgan fingerprint density at radius 3 is 2.96 bits per heavy atom. The fraction of sp³-hybridized carbons (Fsp3) is 0.600. The van der Waals surface area contributed by atoms with E-state index in [0.717, 1.165) is 18.9 Å². The van der Waals surface area contributed by atoms with E-state index in [1.807, 2.05) is 0 Å². The molecule has 2 N–H and O–H groups in total. The van der Waals surface area contributed by atoms with Gasteiger partial charge in [-0.15, -0.1) is 0 Å². The van der Waals surface area contributed by atoms with Crippen LogP contribution in [0.15, 0.2) is 17.1 Å². The van der Waals surface area contributed by atoms with Crippen LogP contribution < -0.4 is 15.4 Å². The van der Waals surface area contributed by atoms with Crippen LogP contribution in [-0.2, 0) is 4.74 Å². The number of amides is 1. The monoisotopic (exact) mass is 406 g/mol. The Hall–Kier alpha value is -1.99. The molecule has 2 fully saturated rings. The van der Waals surface area contributed by atoms with Crippen molar-refractivity contribution in [2.75, 3.05) is 45.2 Å². The minimum absolute atomic E-state index is 0.168. The fourth-order valence-electron chi connectivity index (χ4n) is 3.83. The van der Waals surface area contributed by atoms with Gasteiger partial charge in [0.05, 0.1) is 29.9 Å².